The molecule has 0 aromatic carbocycles. The first-order valence-corrected chi connectivity index (χ1v) is 3.62. The molecule has 9 heavy (non-hydrogen) atoms. The van der Waals surface area contributed by atoms with Crippen LogP contribution in [0.3, 0.4) is 0 Å². The second kappa shape index (κ2) is 1.94. The Balaban J connectivity index is 2.10. The predicted molar refractivity (Wildman–Crippen MR) is 36.9 cm³/mol. The first-order valence-electron chi connectivity index (χ1n) is 3.62. The molecule has 2 rings (SSSR count). The van der Waals surface area contributed by atoms with Crippen LogP contribution < -0.4 is 5.32 Å². The van der Waals surface area contributed by atoms with E-state index in [1.165, 1.54) is 19.4 Å². The van der Waals surface area contributed by atoms with Crippen molar-refractivity contribution in [2.45, 2.75) is 18.9 Å². The molecule has 1 N–H and O–H groups in total. The minimum atomic E-state index is 0.801. The Hall–Kier alpha value is -0.660. The maximum atomic E-state index is 3.23. The van der Waals surface area contributed by atoms with Crippen molar-refractivity contribution in [2.24, 2.45) is 0 Å². The number of hydrogen-bond donors (Lipinski definition) is 1. The van der Waals surface area contributed by atoms with Gasteiger partial charge >= 0.3 is 0 Å². The summed E-state index contributed by atoms with van der Waals surface area (Å²) in [4.78, 5) is 2.43. The van der Waals surface area contributed by atoms with Crippen molar-refractivity contribution in [3.8, 4) is 0 Å². The molecular weight excluding hydrogens is 112 g/mol. The molecule has 0 amide bonds. The molecule has 2 heteroatoms. The highest BCUT2D eigenvalue weighted by Crippen LogP contribution is 2.18. The van der Waals surface area contributed by atoms with E-state index in [-0.39, 0.29) is 0 Å². The zero-order valence-electron chi connectivity index (χ0n) is 5.51. The summed E-state index contributed by atoms with van der Waals surface area (Å²) in [5.74, 6) is 0. The molecule has 0 aromatic heterocycles. The summed E-state index contributed by atoms with van der Waals surface area (Å²) in [5, 5.41) is 3.23. The van der Waals surface area contributed by atoms with Crippen molar-refractivity contribution in [2.75, 3.05) is 13.1 Å². The van der Waals surface area contributed by atoms with E-state index in [4.69, 9.17) is 0 Å². The summed E-state index contributed by atoms with van der Waals surface area (Å²) >= 11 is 0. The maximum absolute atomic E-state index is 3.23. The number of nitrogens with one attached hydrogen (secondary N) is 1. The molecule has 1 unspecified atom stereocenters. The van der Waals surface area contributed by atoms with Gasteiger partial charge in [0.1, 0.15) is 0 Å². The van der Waals surface area contributed by atoms with Gasteiger partial charge in [-0.15, -0.1) is 0 Å². The van der Waals surface area contributed by atoms with E-state index < -0.39 is 0 Å². The van der Waals surface area contributed by atoms with Crippen LogP contribution in [0, 0.1) is 0 Å². The van der Waals surface area contributed by atoms with E-state index in [1.807, 2.05) is 6.20 Å². The largest absolute Gasteiger partial charge is 0.388 e. The molecule has 2 nitrogen and oxygen atoms in total. The van der Waals surface area contributed by atoms with Crippen molar-refractivity contribution in [1.82, 2.24) is 10.2 Å². The van der Waals surface area contributed by atoms with Gasteiger partial charge in [0.05, 0.1) is 0 Å². The smallest absolute Gasteiger partial charge is 0.0458 e. The highest BCUT2D eigenvalue weighted by Gasteiger charge is 2.22. The van der Waals surface area contributed by atoms with Gasteiger partial charge in [0.25, 0.3) is 0 Å². The van der Waals surface area contributed by atoms with Crippen LogP contribution in [0.1, 0.15) is 12.8 Å². The van der Waals surface area contributed by atoms with E-state index in [9.17, 15) is 0 Å². The summed E-state index contributed by atoms with van der Waals surface area (Å²) in [6, 6.07) is 0.801. The van der Waals surface area contributed by atoms with Crippen LogP contribution in [0.15, 0.2) is 12.4 Å². The van der Waals surface area contributed by atoms with Gasteiger partial charge in [-0.3, -0.25) is 0 Å². The Kier molecular flexibility index (Phi) is 1.11. The monoisotopic (exact) mass is 124 g/mol. The molecule has 0 aromatic rings. The van der Waals surface area contributed by atoms with Crippen LogP contribution >= 0.6 is 0 Å². The van der Waals surface area contributed by atoms with Gasteiger partial charge in [-0.1, -0.05) is 0 Å². The molecule has 1 saturated heterocycles. The predicted octanol–water partition coefficient (Wildman–Crippen LogP) is 0.525. The lowest BCUT2D eigenvalue weighted by Crippen LogP contribution is -2.36. The molecular formula is C7H12N2. The maximum Gasteiger partial charge on any atom is 0.0458 e. The molecule has 0 spiro atoms. The molecule has 2 heterocycles. The van der Waals surface area contributed by atoms with Crippen molar-refractivity contribution >= 4 is 0 Å². The van der Waals surface area contributed by atoms with Gasteiger partial charge in [0.2, 0.25) is 0 Å². The molecule has 1 fully saturated rings. The summed E-state index contributed by atoms with van der Waals surface area (Å²) < 4.78 is 0. The molecule has 0 saturated carbocycles. The molecule has 0 radical (unpaired) electrons. The molecule has 2 aliphatic heterocycles. The van der Waals surface area contributed by atoms with Gasteiger partial charge < -0.3 is 10.2 Å². The van der Waals surface area contributed by atoms with Crippen LogP contribution in [-0.4, -0.2) is 24.0 Å². The zero-order chi connectivity index (χ0) is 6.10. The summed E-state index contributed by atoms with van der Waals surface area (Å²) in [6.07, 6.45) is 6.96. The summed E-state index contributed by atoms with van der Waals surface area (Å²) in [5.41, 5.74) is 0. The van der Waals surface area contributed by atoms with Crippen LogP contribution in [0.4, 0.5) is 0 Å². The Morgan fingerprint density at radius 2 is 2.56 bits per heavy atom. The zero-order valence-corrected chi connectivity index (χ0v) is 5.51. The average Bonchev–Trinajstić information content (AvgIpc) is 2.33. The summed E-state index contributed by atoms with van der Waals surface area (Å²) in [6.45, 7) is 2.42. The van der Waals surface area contributed by atoms with Crippen LogP contribution in [0.2, 0.25) is 0 Å². The molecule has 1 atom stereocenters. The van der Waals surface area contributed by atoms with Gasteiger partial charge in [-0.05, 0) is 12.8 Å². The van der Waals surface area contributed by atoms with E-state index in [0.717, 1.165) is 12.6 Å². The Morgan fingerprint density at radius 3 is 3.44 bits per heavy atom. The third kappa shape index (κ3) is 0.784. The topological polar surface area (TPSA) is 15.3 Å². The quantitative estimate of drug-likeness (QED) is 0.506. The van der Waals surface area contributed by atoms with E-state index in [0.29, 0.717) is 0 Å². The molecule has 50 valence electrons. The van der Waals surface area contributed by atoms with Gasteiger partial charge in [0.15, 0.2) is 0 Å². The fourth-order valence-corrected chi connectivity index (χ4v) is 1.63. The number of hydrogen-bond acceptors (Lipinski definition) is 2. The van der Waals surface area contributed by atoms with Gasteiger partial charge in [-0.25, -0.2) is 0 Å². The first-order chi connectivity index (χ1) is 4.47. The standard InChI is InChI=1S/C7H12N2/c1-2-7-6-8-3-5-9(7)4-1/h3,5,7-8H,1-2,4,6H2. The molecule has 0 bridgehead atoms. The van der Waals surface area contributed by atoms with Crippen LogP contribution in [-0.2, 0) is 0 Å². The van der Waals surface area contributed by atoms with E-state index in [2.05, 4.69) is 16.4 Å². The Bertz CT molecular complexity index is 131. The highest BCUT2D eigenvalue weighted by atomic mass is 15.2. The van der Waals surface area contributed by atoms with E-state index in [1.54, 1.807) is 0 Å². The van der Waals surface area contributed by atoms with Crippen molar-refractivity contribution < 1.29 is 0 Å². The van der Waals surface area contributed by atoms with Crippen molar-refractivity contribution in [1.29, 1.82) is 0 Å². The first kappa shape index (κ1) is 5.15. The van der Waals surface area contributed by atoms with E-state index >= 15 is 0 Å². The van der Waals surface area contributed by atoms with Crippen LogP contribution in [0.25, 0.3) is 0 Å². The lowest BCUT2D eigenvalue weighted by molar-refractivity contribution is 0.326. The number of nitrogens with zero attached hydrogens (tertiary/aromatic N) is 1. The third-order valence-corrected chi connectivity index (χ3v) is 2.16. The SMILES string of the molecule is C1=CN2CCCC2CN1. The molecule has 2 aliphatic rings. The lowest BCUT2D eigenvalue weighted by Gasteiger charge is -2.26. The Morgan fingerprint density at radius 1 is 1.56 bits per heavy atom. The summed E-state index contributed by atoms with van der Waals surface area (Å²) in [7, 11) is 0. The Labute approximate surface area is 55.5 Å². The third-order valence-electron chi connectivity index (χ3n) is 2.16. The van der Waals surface area contributed by atoms with Crippen molar-refractivity contribution in [3.63, 3.8) is 0 Å². The molecule has 0 aliphatic carbocycles. The highest BCUT2D eigenvalue weighted by molar-refractivity contribution is 4.95. The second-order valence-electron chi connectivity index (χ2n) is 2.76. The number of rotatable bonds is 0. The van der Waals surface area contributed by atoms with Gasteiger partial charge in [-0.2, -0.15) is 0 Å². The fraction of sp³-hybridized carbons (Fsp3) is 0.714. The minimum absolute atomic E-state index is 0.801. The van der Waals surface area contributed by atoms with Crippen LogP contribution in [0.5, 0.6) is 0 Å². The number of fused-ring (bicyclic) bond motifs is 1. The van der Waals surface area contributed by atoms with Gasteiger partial charge in [0, 0.05) is 31.5 Å². The minimum Gasteiger partial charge on any atom is -0.388 e. The second-order valence-corrected chi connectivity index (χ2v) is 2.76. The fourth-order valence-electron chi connectivity index (χ4n) is 1.63. The average molecular weight is 124 g/mol. The normalized spacial score (nSPS) is 32.0. The van der Waals surface area contributed by atoms with Crippen molar-refractivity contribution in [3.05, 3.63) is 12.4 Å². The lowest BCUT2D eigenvalue weighted by atomic mass is 10.2.